The van der Waals surface area contributed by atoms with Gasteiger partial charge in [-0.05, 0) is 18.6 Å². The van der Waals surface area contributed by atoms with E-state index in [0.29, 0.717) is 0 Å². The fraction of sp³-hybridized carbons (Fsp3) is 0.231. The van der Waals surface area contributed by atoms with Gasteiger partial charge in [0.25, 0.3) is 0 Å². The molecule has 0 bridgehead atoms. The van der Waals surface area contributed by atoms with Crippen molar-refractivity contribution in [2.45, 2.75) is 13.0 Å². The Hall–Kier alpha value is -1.32. The molecule has 0 fully saturated rings. The Morgan fingerprint density at radius 2 is 1.94 bits per heavy atom. The fourth-order valence-corrected chi connectivity index (χ4v) is 2.43. The van der Waals surface area contributed by atoms with E-state index in [2.05, 4.69) is 31.2 Å². The fourth-order valence-electron chi connectivity index (χ4n) is 1.54. The third-order valence-corrected chi connectivity index (χ3v) is 3.57. The van der Waals surface area contributed by atoms with Crippen LogP contribution in [0.25, 0.3) is 0 Å². The van der Waals surface area contributed by atoms with Crippen molar-refractivity contribution >= 4 is 11.3 Å². The number of hydrogen-bond acceptors (Lipinski definition) is 3. The number of nitrogens with two attached hydrogens (primary N) is 1. The highest BCUT2D eigenvalue weighted by atomic mass is 32.1. The lowest BCUT2D eigenvalue weighted by Crippen LogP contribution is -2.09. The van der Waals surface area contributed by atoms with E-state index in [9.17, 15) is 0 Å². The zero-order chi connectivity index (χ0) is 11.5. The SMILES string of the molecule is COc1csc(C(N)c2ccc(C)cc2)c1. The van der Waals surface area contributed by atoms with Gasteiger partial charge < -0.3 is 10.5 Å². The molecule has 0 saturated carbocycles. The molecule has 2 N–H and O–H groups in total. The van der Waals surface area contributed by atoms with Crippen LogP contribution in [0.5, 0.6) is 5.75 Å². The molecule has 2 aromatic rings. The van der Waals surface area contributed by atoms with Gasteiger partial charge in [0.05, 0.1) is 13.2 Å². The van der Waals surface area contributed by atoms with E-state index in [1.165, 1.54) is 5.56 Å². The maximum absolute atomic E-state index is 6.19. The summed E-state index contributed by atoms with van der Waals surface area (Å²) in [6, 6.07) is 10.3. The number of thiophene rings is 1. The molecule has 0 aliphatic heterocycles. The predicted octanol–water partition coefficient (Wildman–Crippen LogP) is 3.11. The third-order valence-electron chi connectivity index (χ3n) is 2.57. The average Bonchev–Trinajstić information content (AvgIpc) is 2.77. The van der Waals surface area contributed by atoms with E-state index < -0.39 is 0 Å². The van der Waals surface area contributed by atoms with Gasteiger partial charge in [-0.25, -0.2) is 0 Å². The van der Waals surface area contributed by atoms with Crippen molar-refractivity contribution in [1.29, 1.82) is 0 Å². The molecular formula is C13H15NOS. The first-order valence-electron chi connectivity index (χ1n) is 5.15. The molecule has 0 spiro atoms. The lowest BCUT2D eigenvalue weighted by atomic mass is 10.0. The lowest BCUT2D eigenvalue weighted by Gasteiger charge is -2.09. The summed E-state index contributed by atoms with van der Waals surface area (Å²) in [6.07, 6.45) is 0. The highest BCUT2D eigenvalue weighted by molar-refractivity contribution is 7.10. The summed E-state index contributed by atoms with van der Waals surface area (Å²) in [5.74, 6) is 0.877. The van der Waals surface area contributed by atoms with Crippen LogP contribution in [0.1, 0.15) is 22.0 Å². The monoisotopic (exact) mass is 233 g/mol. The topological polar surface area (TPSA) is 35.2 Å². The summed E-state index contributed by atoms with van der Waals surface area (Å²) in [5.41, 5.74) is 8.57. The molecule has 84 valence electrons. The van der Waals surface area contributed by atoms with Crippen LogP contribution in [0.4, 0.5) is 0 Å². The Bertz CT molecular complexity index is 461. The van der Waals surface area contributed by atoms with Crippen molar-refractivity contribution in [3.05, 3.63) is 51.7 Å². The average molecular weight is 233 g/mol. The molecule has 1 aromatic heterocycles. The predicted molar refractivity (Wildman–Crippen MR) is 68.1 cm³/mol. The minimum absolute atomic E-state index is 0.0606. The molecule has 1 unspecified atom stereocenters. The standard InChI is InChI=1S/C13H15NOS/c1-9-3-5-10(6-4-9)13(14)12-7-11(15-2)8-16-12/h3-8,13H,14H2,1-2H3. The largest absolute Gasteiger partial charge is 0.496 e. The van der Waals surface area contributed by atoms with Crippen LogP contribution < -0.4 is 10.5 Å². The van der Waals surface area contributed by atoms with Gasteiger partial charge in [-0.2, -0.15) is 0 Å². The molecule has 2 nitrogen and oxygen atoms in total. The molecule has 3 heteroatoms. The number of rotatable bonds is 3. The second-order valence-corrected chi connectivity index (χ2v) is 4.72. The minimum Gasteiger partial charge on any atom is -0.496 e. The summed E-state index contributed by atoms with van der Waals surface area (Å²) in [6.45, 7) is 2.07. The minimum atomic E-state index is -0.0606. The van der Waals surface area contributed by atoms with Crippen LogP contribution in [0.2, 0.25) is 0 Å². The van der Waals surface area contributed by atoms with Crippen molar-refractivity contribution in [3.63, 3.8) is 0 Å². The summed E-state index contributed by atoms with van der Waals surface area (Å²) in [7, 11) is 1.67. The summed E-state index contributed by atoms with van der Waals surface area (Å²) in [4.78, 5) is 1.13. The second-order valence-electron chi connectivity index (χ2n) is 3.78. The Labute approximate surface area is 99.7 Å². The number of methoxy groups -OCH3 is 1. The van der Waals surface area contributed by atoms with Gasteiger partial charge in [0.1, 0.15) is 5.75 Å². The van der Waals surface area contributed by atoms with Crippen LogP contribution in [0, 0.1) is 6.92 Å². The second kappa shape index (κ2) is 4.68. The Morgan fingerprint density at radius 1 is 1.25 bits per heavy atom. The highest BCUT2D eigenvalue weighted by Crippen LogP contribution is 2.29. The van der Waals surface area contributed by atoms with Gasteiger partial charge in [-0.15, -0.1) is 11.3 Å². The van der Waals surface area contributed by atoms with Crippen LogP contribution >= 0.6 is 11.3 Å². The highest BCUT2D eigenvalue weighted by Gasteiger charge is 2.11. The normalized spacial score (nSPS) is 12.4. The first-order chi connectivity index (χ1) is 7.70. The lowest BCUT2D eigenvalue weighted by molar-refractivity contribution is 0.416. The summed E-state index contributed by atoms with van der Waals surface area (Å²) >= 11 is 1.63. The van der Waals surface area contributed by atoms with Gasteiger partial charge >= 0.3 is 0 Å². The quantitative estimate of drug-likeness (QED) is 0.884. The van der Waals surface area contributed by atoms with Crippen LogP contribution in [-0.2, 0) is 0 Å². The van der Waals surface area contributed by atoms with E-state index in [1.54, 1.807) is 18.4 Å². The molecular weight excluding hydrogens is 218 g/mol. The molecule has 2 rings (SSSR count). The van der Waals surface area contributed by atoms with Gasteiger partial charge in [0, 0.05) is 10.3 Å². The van der Waals surface area contributed by atoms with Crippen molar-refractivity contribution in [3.8, 4) is 5.75 Å². The molecule has 16 heavy (non-hydrogen) atoms. The van der Waals surface area contributed by atoms with E-state index in [0.717, 1.165) is 16.2 Å². The molecule has 1 atom stereocenters. The number of hydrogen-bond donors (Lipinski definition) is 1. The van der Waals surface area contributed by atoms with Crippen LogP contribution in [0.3, 0.4) is 0 Å². The van der Waals surface area contributed by atoms with Gasteiger partial charge in [-0.3, -0.25) is 0 Å². The van der Waals surface area contributed by atoms with E-state index in [4.69, 9.17) is 10.5 Å². The maximum Gasteiger partial charge on any atom is 0.129 e. The Kier molecular flexibility index (Phi) is 3.27. The van der Waals surface area contributed by atoms with Crippen molar-refractivity contribution in [2.75, 3.05) is 7.11 Å². The van der Waals surface area contributed by atoms with Gasteiger partial charge in [-0.1, -0.05) is 29.8 Å². The maximum atomic E-state index is 6.19. The van der Waals surface area contributed by atoms with Crippen molar-refractivity contribution in [2.24, 2.45) is 5.73 Å². The van der Waals surface area contributed by atoms with E-state index >= 15 is 0 Å². The van der Waals surface area contributed by atoms with Gasteiger partial charge in [0.2, 0.25) is 0 Å². The molecule has 1 aromatic carbocycles. The molecule has 0 aliphatic rings. The molecule has 0 amide bonds. The first-order valence-corrected chi connectivity index (χ1v) is 6.03. The smallest absolute Gasteiger partial charge is 0.129 e. The van der Waals surface area contributed by atoms with Gasteiger partial charge in [0.15, 0.2) is 0 Å². The molecule has 0 saturated heterocycles. The molecule has 0 aliphatic carbocycles. The Balaban J connectivity index is 2.24. The third kappa shape index (κ3) is 2.26. The summed E-state index contributed by atoms with van der Waals surface area (Å²) in [5, 5.41) is 1.98. The number of aryl methyl sites for hydroxylation is 1. The van der Waals surface area contributed by atoms with E-state index in [1.807, 2.05) is 11.4 Å². The first kappa shape index (κ1) is 11.2. The zero-order valence-corrected chi connectivity index (χ0v) is 10.3. The van der Waals surface area contributed by atoms with Crippen LogP contribution in [0.15, 0.2) is 35.7 Å². The van der Waals surface area contributed by atoms with E-state index in [-0.39, 0.29) is 6.04 Å². The number of benzene rings is 1. The zero-order valence-electron chi connectivity index (χ0n) is 9.44. The Morgan fingerprint density at radius 3 is 2.50 bits per heavy atom. The summed E-state index contributed by atoms with van der Waals surface area (Å²) < 4.78 is 5.15. The molecule has 0 radical (unpaired) electrons. The van der Waals surface area contributed by atoms with Crippen LogP contribution in [-0.4, -0.2) is 7.11 Å². The van der Waals surface area contributed by atoms with Crippen molar-refractivity contribution in [1.82, 2.24) is 0 Å². The van der Waals surface area contributed by atoms with Crippen molar-refractivity contribution < 1.29 is 4.74 Å². The molecule has 1 heterocycles. The number of ether oxygens (including phenoxy) is 1.